The number of nitrogens with zero attached hydrogens (tertiary/aromatic N) is 2. The number of hydrogen-bond acceptors (Lipinski definition) is 2. The van der Waals surface area contributed by atoms with E-state index in [0.717, 1.165) is 6.54 Å². The van der Waals surface area contributed by atoms with E-state index < -0.39 is 0 Å². The molecule has 0 aliphatic heterocycles. The van der Waals surface area contributed by atoms with Crippen molar-refractivity contribution in [2.45, 2.75) is 46.7 Å². The van der Waals surface area contributed by atoms with Crippen LogP contribution < -0.4 is 0 Å². The zero-order valence-electron chi connectivity index (χ0n) is 10.8. The Balaban J connectivity index is 0. The third-order valence-corrected chi connectivity index (χ3v) is 2.41. The summed E-state index contributed by atoms with van der Waals surface area (Å²) < 4.78 is 0. The van der Waals surface area contributed by atoms with E-state index in [-0.39, 0.29) is 0 Å². The molecule has 0 N–H and O–H groups in total. The molecule has 0 bridgehead atoms. The Kier molecular flexibility index (Phi) is 10.1. The van der Waals surface area contributed by atoms with E-state index in [1.807, 2.05) is 0 Å². The standard InChI is InChI=1S/C6H15N.C5H13N/c1-5-7(4)6(2)3;1-5(2)6(3)4/h6H,5H2,1-4H3;5H,1-4H3. The molecule has 0 aliphatic rings. The van der Waals surface area contributed by atoms with Gasteiger partial charge >= 0.3 is 0 Å². The quantitative estimate of drug-likeness (QED) is 0.670. The molecule has 2 nitrogen and oxygen atoms in total. The lowest BCUT2D eigenvalue weighted by atomic mass is 10.3. The lowest BCUT2D eigenvalue weighted by Crippen LogP contribution is -2.25. The second-order valence-corrected chi connectivity index (χ2v) is 4.22. The lowest BCUT2D eigenvalue weighted by Gasteiger charge is -2.17. The fourth-order valence-electron chi connectivity index (χ4n) is 0.365. The summed E-state index contributed by atoms with van der Waals surface area (Å²) in [5, 5.41) is 0. The summed E-state index contributed by atoms with van der Waals surface area (Å²) in [5.41, 5.74) is 0. The molecule has 0 amide bonds. The summed E-state index contributed by atoms with van der Waals surface area (Å²) in [7, 11) is 6.28. The Hall–Kier alpha value is -0.0800. The monoisotopic (exact) mass is 188 g/mol. The SMILES string of the molecule is CC(C)N(C)C.CCN(C)C(C)C. The van der Waals surface area contributed by atoms with E-state index in [4.69, 9.17) is 0 Å². The van der Waals surface area contributed by atoms with Crippen molar-refractivity contribution in [3.05, 3.63) is 0 Å². The second-order valence-electron chi connectivity index (χ2n) is 4.22. The lowest BCUT2D eigenvalue weighted by molar-refractivity contribution is 0.289. The van der Waals surface area contributed by atoms with Gasteiger partial charge < -0.3 is 9.80 Å². The molecule has 0 aromatic rings. The van der Waals surface area contributed by atoms with Crippen LogP contribution in [-0.2, 0) is 0 Å². The summed E-state index contributed by atoms with van der Waals surface area (Å²) >= 11 is 0. The Morgan fingerprint density at radius 1 is 0.846 bits per heavy atom. The summed E-state index contributed by atoms with van der Waals surface area (Å²) in [6.45, 7) is 12.0. The van der Waals surface area contributed by atoms with Gasteiger partial charge in [0.25, 0.3) is 0 Å². The van der Waals surface area contributed by atoms with Gasteiger partial charge in [0, 0.05) is 12.1 Å². The van der Waals surface area contributed by atoms with E-state index >= 15 is 0 Å². The van der Waals surface area contributed by atoms with E-state index in [9.17, 15) is 0 Å². The van der Waals surface area contributed by atoms with Crippen LogP contribution in [-0.4, -0.2) is 49.6 Å². The zero-order valence-corrected chi connectivity index (χ0v) is 10.8. The summed E-state index contributed by atoms with van der Waals surface area (Å²) in [5.74, 6) is 0. The van der Waals surface area contributed by atoms with Crippen molar-refractivity contribution in [1.82, 2.24) is 9.80 Å². The summed E-state index contributed by atoms with van der Waals surface area (Å²) in [4.78, 5) is 4.46. The molecular weight excluding hydrogens is 160 g/mol. The van der Waals surface area contributed by atoms with Gasteiger partial charge in [-0.25, -0.2) is 0 Å². The minimum Gasteiger partial charge on any atom is -0.307 e. The minimum absolute atomic E-state index is 0.685. The van der Waals surface area contributed by atoms with Gasteiger partial charge in [-0.15, -0.1) is 0 Å². The van der Waals surface area contributed by atoms with Crippen LogP contribution >= 0.6 is 0 Å². The van der Waals surface area contributed by atoms with Crippen LogP contribution in [0.2, 0.25) is 0 Å². The predicted octanol–water partition coefficient (Wildman–Crippen LogP) is 2.30. The molecule has 0 saturated carbocycles. The van der Waals surface area contributed by atoms with Gasteiger partial charge in [-0.05, 0) is 55.4 Å². The molecule has 82 valence electrons. The third kappa shape index (κ3) is 11.9. The van der Waals surface area contributed by atoms with Crippen LogP contribution in [0.15, 0.2) is 0 Å². The number of rotatable bonds is 3. The molecule has 0 atom stereocenters. The van der Waals surface area contributed by atoms with Gasteiger partial charge in [0.05, 0.1) is 0 Å². The average molecular weight is 188 g/mol. The highest BCUT2D eigenvalue weighted by Gasteiger charge is 1.95. The Labute approximate surface area is 84.9 Å². The first kappa shape index (κ1) is 15.4. The maximum atomic E-state index is 2.29. The molecule has 0 unspecified atom stereocenters. The highest BCUT2D eigenvalue weighted by molar-refractivity contribution is 4.51. The highest BCUT2D eigenvalue weighted by atomic mass is 15.1. The van der Waals surface area contributed by atoms with Gasteiger partial charge in [0.2, 0.25) is 0 Å². The topological polar surface area (TPSA) is 6.48 Å². The first-order valence-corrected chi connectivity index (χ1v) is 5.19. The highest BCUT2D eigenvalue weighted by Crippen LogP contribution is 1.89. The van der Waals surface area contributed by atoms with Crippen molar-refractivity contribution in [2.75, 3.05) is 27.7 Å². The normalized spacial score (nSPS) is 11.1. The summed E-state index contributed by atoms with van der Waals surface area (Å²) in [6, 6.07) is 1.38. The smallest absolute Gasteiger partial charge is 0.00354 e. The molecule has 2 heteroatoms. The van der Waals surface area contributed by atoms with Gasteiger partial charge in [0.1, 0.15) is 0 Å². The van der Waals surface area contributed by atoms with E-state index in [1.165, 1.54) is 0 Å². The third-order valence-electron chi connectivity index (χ3n) is 2.41. The molecule has 0 fully saturated rings. The minimum atomic E-state index is 0.685. The molecular formula is C11H28N2. The van der Waals surface area contributed by atoms with E-state index in [0.29, 0.717) is 12.1 Å². The van der Waals surface area contributed by atoms with Crippen molar-refractivity contribution < 1.29 is 0 Å². The van der Waals surface area contributed by atoms with Crippen LogP contribution in [0.25, 0.3) is 0 Å². The second kappa shape index (κ2) is 8.52. The molecule has 0 aromatic carbocycles. The zero-order chi connectivity index (χ0) is 11.0. The van der Waals surface area contributed by atoms with Crippen LogP contribution in [0.5, 0.6) is 0 Å². The van der Waals surface area contributed by atoms with Crippen molar-refractivity contribution in [3.63, 3.8) is 0 Å². The molecule has 13 heavy (non-hydrogen) atoms. The van der Waals surface area contributed by atoms with E-state index in [1.54, 1.807) is 0 Å². The maximum Gasteiger partial charge on any atom is 0.00354 e. The Bertz CT molecular complexity index is 92.3. The van der Waals surface area contributed by atoms with Gasteiger partial charge in [-0.1, -0.05) is 6.92 Å². The van der Waals surface area contributed by atoms with Gasteiger partial charge in [-0.2, -0.15) is 0 Å². The van der Waals surface area contributed by atoms with Crippen molar-refractivity contribution in [1.29, 1.82) is 0 Å². The summed E-state index contributed by atoms with van der Waals surface area (Å²) in [6.07, 6.45) is 0. The van der Waals surface area contributed by atoms with Crippen molar-refractivity contribution in [3.8, 4) is 0 Å². The van der Waals surface area contributed by atoms with Crippen molar-refractivity contribution in [2.24, 2.45) is 0 Å². The molecule has 0 saturated heterocycles. The molecule has 0 rings (SSSR count). The largest absolute Gasteiger partial charge is 0.307 e. The Morgan fingerprint density at radius 2 is 1.15 bits per heavy atom. The van der Waals surface area contributed by atoms with E-state index in [2.05, 4.69) is 65.6 Å². The fourth-order valence-corrected chi connectivity index (χ4v) is 0.365. The first-order chi connectivity index (χ1) is 5.82. The van der Waals surface area contributed by atoms with Crippen LogP contribution in [0, 0.1) is 0 Å². The van der Waals surface area contributed by atoms with Crippen LogP contribution in [0.3, 0.4) is 0 Å². The van der Waals surface area contributed by atoms with Gasteiger partial charge in [0.15, 0.2) is 0 Å². The van der Waals surface area contributed by atoms with Crippen LogP contribution in [0.1, 0.15) is 34.6 Å². The van der Waals surface area contributed by atoms with Crippen molar-refractivity contribution >= 4 is 0 Å². The first-order valence-electron chi connectivity index (χ1n) is 5.19. The molecule has 0 heterocycles. The fraction of sp³-hybridized carbons (Fsp3) is 1.00. The van der Waals surface area contributed by atoms with Crippen LogP contribution in [0.4, 0.5) is 0 Å². The maximum absolute atomic E-state index is 2.29. The van der Waals surface area contributed by atoms with Gasteiger partial charge in [-0.3, -0.25) is 0 Å². The molecule has 0 radical (unpaired) electrons. The predicted molar refractivity (Wildman–Crippen MR) is 62.3 cm³/mol. The number of hydrogen-bond donors (Lipinski definition) is 0. The molecule has 0 aromatic heterocycles. The molecule has 0 aliphatic carbocycles. The Morgan fingerprint density at radius 3 is 1.15 bits per heavy atom. The molecule has 0 spiro atoms. The average Bonchev–Trinajstić information content (AvgIpc) is 2.03.